The number of hydrogen-bond acceptors (Lipinski definition) is 7. The van der Waals surface area contributed by atoms with E-state index in [1.807, 2.05) is 48.5 Å². The number of benzene rings is 2. The molecule has 9 heteroatoms. The number of ether oxygens (including phenoxy) is 1. The number of aryl methyl sites for hydroxylation is 1. The van der Waals surface area contributed by atoms with Crippen LogP contribution in [0.4, 0.5) is 0 Å². The monoisotopic (exact) mass is 479 g/mol. The number of aromatic nitrogens is 2. The summed E-state index contributed by atoms with van der Waals surface area (Å²) in [4.78, 5) is 30.1. The van der Waals surface area contributed by atoms with Crippen molar-refractivity contribution in [2.24, 2.45) is 0 Å². The summed E-state index contributed by atoms with van der Waals surface area (Å²) in [5.41, 5.74) is 1.71. The molecular weight excluding hydrogens is 458 g/mol. The van der Waals surface area contributed by atoms with Crippen LogP contribution in [0.15, 0.2) is 75.7 Å². The van der Waals surface area contributed by atoms with Gasteiger partial charge in [0.1, 0.15) is 11.5 Å². The minimum atomic E-state index is -0.524. The number of rotatable bonds is 9. The fraction of sp³-hybridized carbons (Fsp3) is 0.200. The van der Waals surface area contributed by atoms with Gasteiger partial charge in [0.25, 0.3) is 5.91 Å². The van der Waals surface area contributed by atoms with Gasteiger partial charge < -0.3 is 18.6 Å². The number of esters is 1. The van der Waals surface area contributed by atoms with Crippen LogP contribution < -0.4 is 0 Å². The van der Waals surface area contributed by atoms with Gasteiger partial charge in [-0.1, -0.05) is 47.1 Å². The van der Waals surface area contributed by atoms with Crippen LogP contribution in [-0.2, 0) is 27.3 Å². The summed E-state index contributed by atoms with van der Waals surface area (Å²) in [5, 5.41) is 4.56. The Morgan fingerprint density at radius 3 is 2.53 bits per heavy atom. The van der Waals surface area contributed by atoms with E-state index in [-0.39, 0.29) is 31.9 Å². The second-order valence-electron chi connectivity index (χ2n) is 7.56. The summed E-state index contributed by atoms with van der Waals surface area (Å²) in [6, 6.07) is 20.3. The van der Waals surface area contributed by atoms with Crippen LogP contribution in [0.25, 0.3) is 22.7 Å². The minimum absolute atomic E-state index is 0.0239. The van der Waals surface area contributed by atoms with Crippen LogP contribution in [0.3, 0.4) is 0 Å². The quantitative estimate of drug-likeness (QED) is 0.318. The van der Waals surface area contributed by atoms with Gasteiger partial charge in [0.2, 0.25) is 11.7 Å². The number of furan rings is 1. The highest BCUT2D eigenvalue weighted by Gasteiger charge is 2.16. The number of likely N-dealkylation sites (N-methyl/N-ethyl adjacent to an activating group) is 1. The molecule has 34 heavy (non-hydrogen) atoms. The second-order valence-corrected chi connectivity index (χ2v) is 8.00. The number of hydrogen-bond donors (Lipinski definition) is 0. The van der Waals surface area contributed by atoms with Gasteiger partial charge in [-0.2, -0.15) is 4.98 Å². The van der Waals surface area contributed by atoms with Gasteiger partial charge in [-0.3, -0.25) is 9.59 Å². The molecule has 0 atom stereocenters. The first-order chi connectivity index (χ1) is 16.5. The molecule has 0 saturated heterocycles. The van der Waals surface area contributed by atoms with Gasteiger partial charge in [0.05, 0.1) is 13.0 Å². The number of halogens is 1. The van der Waals surface area contributed by atoms with E-state index < -0.39 is 5.97 Å². The zero-order chi connectivity index (χ0) is 23.9. The standard InChI is InChI=1S/C25H22ClN3O5/c1-29(15-20-11-12-21(33-20)17-7-9-19(26)10-8-17)23(30)16-32-24(31)14-13-22-27-25(28-34-22)18-5-3-2-4-6-18/h2-12H,13-16H2,1H3. The maximum absolute atomic E-state index is 12.4. The lowest BCUT2D eigenvalue weighted by Crippen LogP contribution is -2.30. The van der Waals surface area contributed by atoms with E-state index in [4.69, 9.17) is 25.3 Å². The molecule has 4 aromatic rings. The summed E-state index contributed by atoms with van der Waals surface area (Å²) in [6.07, 6.45) is 0.249. The predicted octanol–water partition coefficient (Wildman–Crippen LogP) is 4.78. The Kier molecular flexibility index (Phi) is 7.39. The van der Waals surface area contributed by atoms with Crippen molar-refractivity contribution >= 4 is 23.5 Å². The lowest BCUT2D eigenvalue weighted by Gasteiger charge is -2.15. The molecule has 0 fully saturated rings. The van der Waals surface area contributed by atoms with E-state index >= 15 is 0 Å². The van der Waals surface area contributed by atoms with Crippen molar-refractivity contribution in [3.63, 3.8) is 0 Å². The second kappa shape index (κ2) is 10.8. The molecule has 8 nitrogen and oxygen atoms in total. The third kappa shape index (κ3) is 6.11. The molecule has 4 rings (SSSR count). The number of carbonyl (C=O) groups excluding carboxylic acids is 2. The first-order valence-corrected chi connectivity index (χ1v) is 11.0. The van der Waals surface area contributed by atoms with Crippen molar-refractivity contribution in [2.45, 2.75) is 19.4 Å². The summed E-state index contributed by atoms with van der Waals surface area (Å²) < 4.78 is 16.1. The van der Waals surface area contributed by atoms with Gasteiger partial charge in [0, 0.05) is 29.6 Å². The Hall–Kier alpha value is -3.91. The van der Waals surface area contributed by atoms with E-state index in [1.165, 1.54) is 4.90 Å². The zero-order valence-corrected chi connectivity index (χ0v) is 19.2. The van der Waals surface area contributed by atoms with E-state index in [2.05, 4.69) is 10.1 Å². The number of amides is 1. The molecule has 0 aliphatic carbocycles. The fourth-order valence-corrected chi connectivity index (χ4v) is 3.27. The molecular formula is C25H22ClN3O5. The average Bonchev–Trinajstić information content (AvgIpc) is 3.52. The minimum Gasteiger partial charge on any atom is -0.459 e. The first-order valence-electron chi connectivity index (χ1n) is 10.6. The van der Waals surface area contributed by atoms with Gasteiger partial charge >= 0.3 is 5.97 Å². The topological polar surface area (TPSA) is 98.7 Å². The van der Waals surface area contributed by atoms with Crippen molar-refractivity contribution in [1.29, 1.82) is 0 Å². The smallest absolute Gasteiger partial charge is 0.306 e. The molecule has 0 unspecified atom stereocenters. The Morgan fingerprint density at radius 1 is 1.00 bits per heavy atom. The van der Waals surface area contributed by atoms with Crippen LogP contribution in [0.2, 0.25) is 5.02 Å². The van der Waals surface area contributed by atoms with E-state index in [1.54, 1.807) is 25.2 Å². The molecule has 174 valence electrons. The normalized spacial score (nSPS) is 10.8. The molecule has 0 aliphatic rings. The highest BCUT2D eigenvalue weighted by Crippen LogP contribution is 2.24. The summed E-state index contributed by atoms with van der Waals surface area (Å²) in [7, 11) is 1.62. The summed E-state index contributed by atoms with van der Waals surface area (Å²) >= 11 is 5.91. The Labute approximate surface area is 201 Å². The molecule has 0 aliphatic heterocycles. The van der Waals surface area contributed by atoms with Crippen molar-refractivity contribution < 1.29 is 23.3 Å². The van der Waals surface area contributed by atoms with Crippen molar-refractivity contribution in [2.75, 3.05) is 13.7 Å². The fourth-order valence-electron chi connectivity index (χ4n) is 3.15. The Bertz CT molecular complexity index is 1250. The largest absolute Gasteiger partial charge is 0.459 e. The van der Waals surface area contributed by atoms with Crippen molar-refractivity contribution in [3.05, 3.63) is 83.4 Å². The summed E-state index contributed by atoms with van der Waals surface area (Å²) in [5.74, 6) is 1.20. The molecule has 0 N–H and O–H groups in total. The van der Waals surface area contributed by atoms with Crippen LogP contribution in [0, 0.1) is 0 Å². The predicted molar refractivity (Wildman–Crippen MR) is 125 cm³/mol. The molecule has 0 spiro atoms. The molecule has 2 aromatic carbocycles. The Morgan fingerprint density at radius 2 is 1.76 bits per heavy atom. The zero-order valence-electron chi connectivity index (χ0n) is 18.4. The van der Waals surface area contributed by atoms with Crippen LogP contribution in [0.1, 0.15) is 18.1 Å². The number of carbonyl (C=O) groups is 2. The van der Waals surface area contributed by atoms with Crippen LogP contribution in [-0.4, -0.2) is 40.6 Å². The molecule has 2 heterocycles. The molecule has 2 aromatic heterocycles. The maximum Gasteiger partial charge on any atom is 0.306 e. The average molecular weight is 480 g/mol. The molecule has 0 radical (unpaired) electrons. The van der Waals surface area contributed by atoms with E-state index in [0.717, 1.165) is 11.1 Å². The third-order valence-electron chi connectivity index (χ3n) is 5.01. The maximum atomic E-state index is 12.4. The molecule has 1 amide bonds. The molecule has 0 saturated carbocycles. The van der Waals surface area contributed by atoms with E-state index in [0.29, 0.717) is 28.3 Å². The number of nitrogens with zero attached hydrogens (tertiary/aromatic N) is 3. The van der Waals surface area contributed by atoms with Crippen LogP contribution >= 0.6 is 11.6 Å². The first kappa shape index (κ1) is 23.3. The van der Waals surface area contributed by atoms with Gasteiger partial charge in [-0.25, -0.2) is 0 Å². The highest BCUT2D eigenvalue weighted by atomic mass is 35.5. The highest BCUT2D eigenvalue weighted by molar-refractivity contribution is 6.30. The lowest BCUT2D eigenvalue weighted by atomic mass is 10.2. The van der Waals surface area contributed by atoms with Crippen molar-refractivity contribution in [3.8, 4) is 22.7 Å². The van der Waals surface area contributed by atoms with Gasteiger partial charge in [-0.15, -0.1) is 0 Å². The SMILES string of the molecule is CN(Cc1ccc(-c2ccc(Cl)cc2)o1)C(=O)COC(=O)CCc1nc(-c2ccccc2)no1. The lowest BCUT2D eigenvalue weighted by molar-refractivity contribution is -0.151. The van der Waals surface area contributed by atoms with Gasteiger partial charge in [-0.05, 0) is 36.4 Å². The molecule has 0 bridgehead atoms. The van der Waals surface area contributed by atoms with Crippen molar-refractivity contribution in [1.82, 2.24) is 15.0 Å². The summed E-state index contributed by atoms with van der Waals surface area (Å²) in [6.45, 7) is -0.118. The van der Waals surface area contributed by atoms with E-state index in [9.17, 15) is 9.59 Å². The Balaban J connectivity index is 1.21. The van der Waals surface area contributed by atoms with Gasteiger partial charge in [0.15, 0.2) is 6.61 Å². The third-order valence-corrected chi connectivity index (χ3v) is 5.26. The van der Waals surface area contributed by atoms with Crippen LogP contribution in [0.5, 0.6) is 0 Å².